The summed E-state index contributed by atoms with van der Waals surface area (Å²) >= 11 is 11.6. The molecule has 7 nitrogen and oxygen atoms in total. The van der Waals surface area contributed by atoms with E-state index in [2.05, 4.69) is 9.93 Å². The van der Waals surface area contributed by atoms with Crippen LogP contribution in [0, 0.1) is 0 Å². The van der Waals surface area contributed by atoms with E-state index in [9.17, 15) is 13.2 Å². The lowest BCUT2D eigenvalue weighted by atomic mass is 10.2. The number of rotatable bonds is 8. The van der Waals surface area contributed by atoms with Gasteiger partial charge in [0.2, 0.25) is 0 Å². The van der Waals surface area contributed by atoms with E-state index in [4.69, 9.17) is 32.7 Å². The van der Waals surface area contributed by atoms with E-state index in [0.29, 0.717) is 33.5 Å². The summed E-state index contributed by atoms with van der Waals surface area (Å²) in [6.45, 7) is 2.11. The number of benzene rings is 3. The molecule has 10 heteroatoms. The standard InChI is InChI=1S/C22H18Cl2N2O5S/c1-2-30-21-13-15(14-25-26-32(28,29)19-10-8-18(24)9-11-19)3-12-20(21)31-22(27)16-4-6-17(23)7-5-16/h3-14,26H,2H2,1H3/b25-14-. The van der Waals surface area contributed by atoms with E-state index in [1.54, 1.807) is 43.3 Å². The van der Waals surface area contributed by atoms with Crippen LogP contribution in [0.5, 0.6) is 11.5 Å². The van der Waals surface area contributed by atoms with Crippen molar-refractivity contribution in [1.29, 1.82) is 0 Å². The van der Waals surface area contributed by atoms with Crippen LogP contribution in [0.1, 0.15) is 22.8 Å². The van der Waals surface area contributed by atoms with Crippen molar-refractivity contribution in [1.82, 2.24) is 4.83 Å². The van der Waals surface area contributed by atoms with Crippen molar-refractivity contribution in [2.75, 3.05) is 6.61 Å². The Hall–Kier alpha value is -3.07. The summed E-state index contributed by atoms with van der Waals surface area (Å²) in [7, 11) is -3.84. The maximum Gasteiger partial charge on any atom is 0.343 e. The van der Waals surface area contributed by atoms with Crippen LogP contribution in [0.15, 0.2) is 76.7 Å². The van der Waals surface area contributed by atoms with E-state index in [-0.39, 0.29) is 10.6 Å². The topological polar surface area (TPSA) is 94.1 Å². The normalized spacial score (nSPS) is 11.3. The van der Waals surface area contributed by atoms with Gasteiger partial charge in [-0.3, -0.25) is 0 Å². The first-order valence-electron chi connectivity index (χ1n) is 9.33. The molecule has 166 valence electrons. The molecule has 0 radical (unpaired) electrons. The Labute approximate surface area is 195 Å². The van der Waals surface area contributed by atoms with Gasteiger partial charge in [0, 0.05) is 10.0 Å². The number of esters is 1. The van der Waals surface area contributed by atoms with Crippen LogP contribution in [-0.2, 0) is 10.0 Å². The fourth-order valence-corrected chi connectivity index (χ4v) is 3.58. The molecule has 0 bridgehead atoms. The summed E-state index contributed by atoms with van der Waals surface area (Å²) < 4.78 is 35.5. The van der Waals surface area contributed by atoms with E-state index >= 15 is 0 Å². The zero-order chi connectivity index (χ0) is 23.1. The first-order valence-corrected chi connectivity index (χ1v) is 11.6. The molecule has 0 aliphatic rings. The van der Waals surface area contributed by atoms with Gasteiger partial charge in [0.15, 0.2) is 11.5 Å². The minimum atomic E-state index is -3.84. The van der Waals surface area contributed by atoms with Crippen molar-refractivity contribution in [2.24, 2.45) is 5.10 Å². The van der Waals surface area contributed by atoms with Crippen LogP contribution >= 0.6 is 23.2 Å². The van der Waals surface area contributed by atoms with Crippen molar-refractivity contribution in [3.63, 3.8) is 0 Å². The molecule has 0 fully saturated rings. The summed E-state index contributed by atoms with van der Waals surface area (Å²) in [5.41, 5.74) is 0.859. The predicted molar refractivity (Wildman–Crippen MR) is 123 cm³/mol. The first-order chi connectivity index (χ1) is 15.3. The van der Waals surface area contributed by atoms with Gasteiger partial charge in [-0.1, -0.05) is 23.2 Å². The van der Waals surface area contributed by atoms with Gasteiger partial charge in [-0.15, -0.1) is 0 Å². The summed E-state index contributed by atoms with van der Waals surface area (Å²) in [5.74, 6) is -0.0511. The van der Waals surface area contributed by atoms with Gasteiger partial charge in [-0.05, 0) is 79.2 Å². The molecular weight excluding hydrogens is 475 g/mol. The van der Waals surface area contributed by atoms with Gasteiger partial charge in [-0.25, -0.2) is 9.63 Å². The van der Waals surface area contributed by atoms with Crippen LogP contribution in [0.4, 0.5) is 0 Å². The molecule has 1 N–H and O–H groups in total. The lowest BCUT2D eigenvalue weighted by molar-refractivity contribution is 0.0728. The quantitative estimate of drug-likeness (QED) is 0.208. The Morgan fingerprint density at radius 1 is 0.969 bits per heavy atom. The van der Waals surface area contributed by atoms with Gasteiger partial charge in [0.1, 0.15) is 0 Å². The second-order valence-corrected chi connectivity index (χ2v) is 8.88. The van der Waals surface area contributed by atoms with Gasteiger partial charge in [0.25, 0.3) is 10.0 Å². The average Bonchev–Trinajstić information content (AvgIpc) is 2.76. The molecule has 0 atom stereocenters. The molecule has 0 aliphatic heterocycles. The second-order valence-electron chi connectivity index (χ2n) is 6.34. The molecule has 0 spiro atoms. The second kappa shape index (κ2) is 10.5. The third kappa shape index (κ3) is 6.23. The highest BCUT2D eigenvalue weighted by molar-refractivity contribution is 7.89. The summed E-state index contributed by atoms with van der Waals surface area (Å²) in [4.78, 5) is 14.5. The summed E-state index contributed by atoms with van der Waals surface area (Å²) in [6, 6.07) is 16.7. The molecule has 0 saturated heterocycles. The molecule has 0 unspecified atom stereocenters. The molecule has 0 heterocycles. The first kappa shape index (κ1) is 23.6. The van der Waals surface area contributed by atoms with Crippen LogP contribution in [0.2, 0.25) is 10.0 Å². The average molecular weight is 493 g/mol. The highest BCUT2D eigenvalue weighted by atomic mass is 35.5. The van der Waals surface area contributed by atoms with Gasteiger partial charge in [0.05, 0.1) is 23.3 Å². The van der Waals surface area contributed by atoms with E-state index < -0.39 is 16.0 Å². The van der Waals surface area contributed by atoms with Gasteiger partial charge >= 0.3 is 5.97 Å². The fraction of sp³-hybridized carbons (Fsp3) is 0.0909. The number of hydrazone groups is 1. The number of hydrogen-bond acceptors (Lipinski definition) is 6. The third-order valence-electron chi connectivity index (χ3n) is 4.06. The lowest BCUT2D eigenvalue weighted by Crippen LogP contribution is -2.18. The highest BCUT2D eigenvalue weighted by Gasteiger charge is 2.14. The monoisotopic (exact) mass is 492 g/mol. The Morgan fingerprint density at radius 2 is 1.59 bits per heavy atom. The SMILES string of the molecule is CCOc1cc(/C=N\NS(=O)(=O)c2ccc(Cl)cc2)ccc1OC(=O)c1ccc(Cl)cc1. The number of nitrogens with zero attached hydrogens (tertiary/aromatic N) is 1. The van der Waals surface area contributed by atoms with Gasteiger partial charge < -0.3 is 9.47 Å². The zero-order valence-corrected chi connectivity index (χ0v) is 19.1. The van der Waals surface area contributed by atoms with Crippen LogP contribution < -0.4 is 14.3 Å². The highest BCUT2D eigenvalue weighted by Crippen LogP contribution is 2.29. The van der Waals surface area contributed by atoms with Crippen molar-refractivity contribution in [2.45, 2.75) is 11.8 Å². The molecule has 0 amide bonds. The Balaban J connectivity index is 1.74. The Morgan fingerprint density at radius 3 is 2.22 bits per heavy atom. The smallest absolute Gasteiger partial charge is 0.343 e. The Bertz CT molecular complexity index is 1230. The molecule has 0 aromatic heterocycles. The number of halogens is 2. The molecule has 0 aliphatic carbocycles. The number of carbonyl (C=O) groups is 1. The number of carbonyl (C=O) groups excluding carboxylic acids is 1. The molecule has 32 heavy (non-hydrogen) atoms. The predicted octanol–water partition coefficient (Wildman–Crippen LogP) is 4.92. The van der Waals surface area contributed by atoms with Crippen molar-refractivity contribution < 1.29 is 22.7 Å². The number of ether oxygens (including phenoxy) is 2. The molecule has 0 saturated carbocycles. The van der Waals surface area contributed by atoms with Crippen molar-refractivity contribution in [3.8, 4) is 11.5 Å². The van der Waals surface area contributed by atoms with E-state index in [0.717, 1.165) is 0 Å². The minimum absolute atomic E-state index is 0.0264. The molecular formula is C22H18Cl2N2O5S. The van der Waals surface area contributed by atoms with E-state index in [1.165, 1.54) is 36.5 Å². The Kier molecular flexibility index (Phi) is 7.74. The fourth-order valence-electron chi connectivity index (χ4n) is 2.54. The largest absolute Gasteiger partial charge is 0.490 e. The van der Waals surface area contributed by atoms with Gasteiger partial charge in [-0.2, -0.15) is 13.5 Å². The lowest BCUT2D eigenvalue weighted by Gasteiger charge is -2.11. The van der Waals surface area contributed by atoms with E-state index in [1.807, 2.05) is 0 Å². The summed E-state index contributed by atoms with van der Waals surface area (Å²) in [5, 5.41) is 4.72. The molecule has 3 aromatic carbocycles. The molecule has 3 aromatic rings. The van der Waals surface area contributed by atoms with Crippen LogP contribution in [-0.4, -0.2) is 27.2 Å². The summed E-state index contributed by atoms with van der Waals surface area (Å²) in [6.07, 6.45) is 1.31. The van der Waals surface area contributed by atoms with Crippen LogP contribution in [0.3, 0.4) is 0 Å². The minimum Gasteiger partial charge on any atom is -0.490 e. The maximum atomic E-state index is 12.4. The zero-order valence-electron chi connectivity index (χ0n) is 16.8. The number of nitrogens with one attached hydrogen (secondary N) is 1. The van der Waals surface area contributed by atoms with Crippen molar-refractivity contribution >= 4 is 45.4 Å². The van der Waals surface area contributed by atoms with Crippen molar-refractivity contribution in [3.05, 3.63) is 87.9 Å². The maximum absolute atomic E-state index is 12.4. The number of hydrogen-bond donors (Lipinski definition) is 1. The number of sulfonamides is 1. The van der Waals surface area contributed by atoms with Crippen LogP contribution in [0.25, 0.3) is 0 Å². The molecule has 3 rings (SSSR count). The third-order valence-corrected chi connectivity index (χ3v) is 5.80.